The summed E-state index contributed by atoms with van der Waals surface area (Å²) < 4.78 is 0. The molecule has 0 aromatic carbocycles. The molecule has 0 spiro atoms. The zero-order chi connectivity index (χ0) is 12.3. The molecule has 1 N–H and O–H groups in total. The first-order chi connectivity index (χ1) is 6.67. The molecular formula is C12H23NO2. The Hall–Kier alpha value is -0.860. The molecule has 0 aliphatic rings. The number of hydrogen-bond acceptors (Lipinski definition) is 2. The van der Waals surface area contributed by atoms with E-state index in [0.29, 0.717) is 0 Å². The summed E-state index contributed by atoms with van der Waals surface area (Å²) in [6, 6.07) is 0. The molecule has 0 aliphatic heterocycles. The van der Waals surface area contributed by atoms with Crippen molar-refractivity contribution in [3.8, 4) is 0 Å². The van der Waals surface area contributed by atoms with Crippen LogP contribution in [0, 0.1) is 10.8 Å². The van der Waals surface area contributed by atoms with Crippen LogP contribution in [0.5, 0.6) is 0 Å². The Morgan fingerprint density at radius 2 is 1.13 bits per heavy atom. The maximum atomic E-state index is 11.7. The van der Waals surface area contributed by atoms with Gasteiger partial charge in [-0.05, 0) is 12.8 Å². The maximum Gasteiger partial charge on any atom is 0.232 e. The van der Waals surface area contributed by atoms with Gasteiger partial charge in [0.25, 0.3) is 0 Å². The number of carbonyl (C=O) groups excluding carboxylic acids is 2. The van der Waals surface area contributed by atoms with E-state index in [4.69, 9.17) is 0 Å². The molecule has 2 amide bonds. The van der Waals surface area contributed by atoms with E-state index in [9.17, 15) is 9.59 Å². The third kappa shape index (κ3) is 3.65. The van der Waals surface area contributed by atoms with E-state index in [1.54, 1.807) is 0 Å². The zero-order valence-corrected chi connectivity index (χ0v) is 10.7. The van der Waals surface area contributed by atoms with Crippen molar-refractivity contribution in [3.63, 3.8) is 0 Å². The average Bonchev–Trinajstić information content (AvgIpc) is 2.17. The Kier molecular flexibility index (Phi) is 4.50. The molecule has 0 aromatic heterocycles. The van der Waals surface area contributed by atoms with E-state index >= 15 is 0 Å². The molecule has 0 aromatic rings. The summed E-state index contributed by atoms with van der Waals surface area (Å²) >= 11 is 0. The molecule has 88 valence electrons. The predicted octanol–water partition coefficient (Wildman–Crippen LogP) is 2.50. The lowest BCUT2D eigenvalue weighted by atomic mass is 9.86. The molecule has 0 heterocycles. The molecule has 3 nitrogen and oxygen atoms in total. The Morgan fingerprint density at radius 1 is 0.867 bits per heavy atom. The van der Waals surface area contributed by atoms with Crippen molar-refractivity contribution in [2.24, 2.45) is 10.8 Å². The molecule has 0 rings (SSSR count). The summed E-state index contributed by atoms with van der Waals surface area (Å²) in [6.07, 6.45) is 1.44. The molecule has 0 unspecified atom stereocenters. The van der Waals surface area contributed by atoms with Crippen molar-refractivity contribution in [3.05, 3.63) is 0 Å². The van der Waals surface area contributed by atoms with E-state index in [2.05, 4.69) is 5.32 Å². The third-order valence-corrected chi connectivity index (χ3v) is 3.22. The summed E-state index contributed by atoms with van der Waals surface area (Å²) in [5, 5.41) is 2.48. The SMILES string of the molecule is CCC(C)(C)C(=O)NC(=O)C(C)(C)CC. The van der Waals surface area contributed by atoms with Crippen molar-refractivity contribution in [1.29, 1.82) is 0 Å². The van der Waals surface area contributed by atoms with E-state index in [-0.39, 0.29) is 11.8 Å². The first-order valence-corrected chi connectivity index (χ1v) is 5.53. The van der Waals surface area contributed by atoms with E-state index < -0.39 is 10.8 Å². The summed E-state index contributed by atoms with van der Waals surface area (Å²) in [5.41, 5.74) is -0.945. The average molecular weight is 213 g/mol. The molecule has 0 saturated carbocycles. The molecular weight excluding hydrogens is 190 g/mol. The third-order valence-electron chi connectivity index (χ3n) is 3.22. The summed E-state index contributed by atoms with van der Waals surface area (Å²) in [6.45, 7) is 11.2. The molecule has 0 aliphatic carbocycles. The van der Waals surface area contributed by atoms with Crippen molar-refractivity contribution >= 4 is 11.8 Å². The molecule has 0 saturated heterocycles. The van der Waals surface area contributed by atoms with Crippen LogP contribution < -0.4 is 5.32 Å². The van der Waals surface area contributed by atoms with E-state index in [1.165, 1.54) is 0 Å². The molecule has 15 heavy (non-hydrogen) atoms. The Bertz CT molecular complexity index is 228. The van der Waals surface area contributed by atoms with Crippen LogP contribution in [0.15, 0.2) is 0 Å². The van der Waals surface area contributed by atoms with Crippen LogP contribution in [0.2, 0.25) is 0 Å². The van der Waals surface area contributed by atoms with Gasteiger partial charge in [0.1, 0.15) is 0 Å². The van der Waals surface area contributed by atoms with Crippen molar-refractivity contribution in [1.82, 2.24) is 5.32 Å². The van der Waals surface area contributed by atoms with Gasteiger partial charge in [0.05, 0.1) is 0 Å². The number of nitrogens with one attached hydrogen (secondary N) is 1. The van der Waals surface area contributed by atoms with Crippen LogP contribution >= 0.6 is 0 Å². The lowest BCUT2D eigenvalue weighted by Gasteiger charge is -2.25. The number of imide groups is 1. The fraction of sp³-hybridized carbons (Fsp3) is 0.833. The second-order valence-corrected chi connectivity index (χ2v) is 5.26. The molecule has 0 radical (unpaired) electrons. The summed E-state index contributed by atoms with van der Waals surface area (Å²) in [5.74, 6) is -0.368. The van der Waals surface area contributed by atoms with Crippen LogP contribution in [0.4, 0.5) is 0 Å². The number of hydrogen-bond donors (Lipinski definition) is 1. The fourth-order valence-corrected chi connectivity index (χ4v) is 0.763. The smallest absolute Gasteiger partial charge is 0.232 e. The summed E-state index contributed by atoms with van der Waals surface area (Å²) in [4.78, 5) is 23.5. The molecule has 0 bridgehead atoms. The highest BCUT2D eigenvalue weighted by Gasteiger charge is 2.32. The lowest BCUT2D eigenvalue weighted by Crippen LogP contribution is -2.45. The van der Waals surface area contributed by atoms with Gasteiger partial charge in [-0.15, -0.1) is 0 Å². The van der Waals surface area contributed by atoms with Gasteiger partial charge in [0.15, 0.2) is 0 Å². The second-order valence-electron chi connectivity index (χ2n) is 5.26. The van der Waals surface area contributed by atoms with E-state index in [1.807, 2.05) is 41.5 Å². The van der Waals surface area contributed by atoms with Gasteiger partial charge in [-0.2, -0.15) is 0 Å². The number of amides is 2. The molecule has 0 atom stereocenters. The Balaban J connectivity index is 4.51. The van der Waals surface area contributed by atoms with Crippen LogP contribution in [-0.2, 0) is 9.59 Å². The maximum absolute atomic E-state index is 11.7. The van der Waals surface area contributed by atoms with Gasteiger partial charge >= 0.3 is 0 Å². The van der Waals surface area contributed by atoms with E-state index in [0.717, 1.165) is 12.8 Å². The van der Waals surface area contributed by atoms with Crippen LogP contribution in [-0.4, -0.2) is 11.8 Å². The highest BCUT2D eigenvalue weighted by molar-refractivity contribution is 5.99. The van der Waals surface area contributed by atoms with Crippen LogP contribution in [0.25, 0.3) is 0 Å². The highest BCUT2D eigenvalue weighted by Crippen LogP contribution is 2.23. The van der Waals surface area contributed by atoms with Gasteiger partial charge in [0.2, 0.25) is 11.8 Å². The Labute approximate surface area is 92.6 Å². The first-order valence-electron chi connectivity index (χ1n) is 5.53. The van der Waals surface area contributed by atoms with Gasteiger partial charge in [-0.25, -0.2) is 0 Å². The predicted molar refractivity (Wildman–Crippen MR) is 61.3 cm³/mol. The number of rotatable bonds is 4. The molecule has 3 heteroatoms. The minimum absolute atomic E-state index is 0.184. The minimum atomic E-state index is -0.473. The second kappa shape index (κ2) is 4.77. The topological polar surface area (TPSA) is 46.2 Å². The largest absolute Gasteiger partial charge is 0.296 e. The van der Waals surface area contributed by atoms with Crippen molar-refractivity contribution in [2.75, 3.05) is 0 Å². The lowest BCUT2D eigenvalue weighted by molar-refractivity contribution is -0.140. The number of carbonyl (C=O) groups is 2. The highest BCUT2D eigenvalue weighted by atomic mass is 16.2. The summed E-state index contributed by atoms with van der Waals surface area (Å²) in [7, 11) is 0. The quantitative estimate of drug-likeness (QED) is 0.780. The van der Waals surface area contributed by atoms with Gasteiger partial charge in [-0.1, -0.05) is 41.5 Å². The zero-order valence-electron chi connectivity index (χ0n) is 10.7. The minimum Gasteiger partial charge on any atom is -0.296 e. The molecule has 0 fully saturated rings. The Morgan fingerprint density at radius 3 is 1.33 bits per heavy atom. The van der Waals surface area contributed by atoms with Gasteiger partial charge in [-0.3, -0.25) is 14.9 Å². The van der Waals surface area contributed by atoms with Crippen molar-refractivity contribution < 1.29 is 9.59 Å². The van der Waals surface area contributed by atoms with Crippen molar-refractivity contribution in [2.45, 2.75) is 54.4 Å². The normalized spacial score (nSPS) is 12.4. The van der Waals surface area contributed by atoms with Crippen LogP contribution in [0.1, 0.15) is 54.4 Å². The van der Waals surface area contributed by atoms with Gasteiger partial charge in [0, 0.05) is 10.8 Å². The van der Waals surface area contributed by atoms with Crippen LogP contribution in [0.3, 0.4) is 0 Å². The fourth-order valence-electron chi connectivity index (χ4n) is 0.763. The first kappa shape index (κ1) is 14.1. The van der Waals surface area contributed by atoms with Gasteiger partial charge < -0.3 is 0 Å². The standard InChI is InChI=1S/C12H23NO2/c1-7-11(3,4)9(14)13-10(15)12(5,6)8-2/h7-8H2,1-6H3,(H,13,14,15). The monoisotopic (exact) mass is 213 g/mol.